The summed E-state index contributed by atoms with van der Waals surface area (Å²) in [5.74, 6) is -0.492. The second-order valence-corrected chi connectivity index (χ2v) is 4.83. The first-order chi connectivity index (χ1) is 10.1. The van der Waals surface area contributed by atoms with Crippen LogP contribution in [0.15, 0.2) is 60.7 Å². The highest BCUT2D eigenvalue weighted by molar-refractivity contribution is 6.31. The van der Waals surface area contributed by atoms with E-state index in [1.54, 1.807) is 30.3 Å². The molecule has 3 nitrogen and oxygen atoms in total. The molecule has 106 valence electrons. The van der Waals surface area contributed by atoms with E-state index >= 15 is 0 Å². The van der Waals surface area contributed by atoms with Gasteiger partial charge < -0.3 is 5.32 Å². The van der Waals surface area contributed by atoms with Crippen molar-refractivity contribution < 1.29 is 9.59 Å². The van der Waals surface area contributed by atoms with Crippen LogP contribution in [-0.2, 0) is 4.79 Å². The third kappa shape index (κ3) is 4.89. The molecule has 0 aliphatic carbocycles. The highest BCUT2D eigenvalue weighted by atomic mass is 35.5. The fourth-order valence-electron chi connectivity index (χ4n) is 1.73. The smallest absolute Gasteiger partial charge is 0.244 e. The second-order valence-electron chi connectivity index (χ2n) is 4.40. The lowest BCUT2D eigenvalue weighted by Crippen LogP contribution is -2.27. The zero-order valence-electron chi connectivity index (χ0n) is 11.3. The summed E-state index contributed by atoms with van der Waals surface area (Å²) in [6.07, 6.45) is 3.10. The minimum atomic E-state index is -0.311. The molecule has 0 saturated heterocycles. The van der Waals surface area contributed by atoms with Crippen LogP contribution in [0.5, 0.6) is 0 Å². The quantitative estimate of drug-likeness (QED) is 0.680. The third-order valence-electron chi connectivity index (χ3n) is 2.80. The average molecular weight is 300 g/mol. The second kappa shape index (κ2) is 7.41. The minimum absolute atomic E-state index is 0.0572. The first-order valence-electron chi connectivity index (χ1n) is 6.45. The molecule has 0 atom stereocenters. The number of Topliss-reactive ketones (excluding diaryl/α,β-unsaturated/α-hetero) is 1. The van der Waals surface area contributed by atoms with Crippen LogP contribution in [0.1, 0.15) is 15.9 Å². The van der Waals surface area contributed by atoms with Crippen LogP contribution >= 0.6 is 11.6 Å². The lowest BCUT2D eigenvalue weighted by Gasteiger charge is -2.02. The number of nitrogens with one attached hydrogen (secondary N) is 1. The van der Waals surface area contributed by atoms with Crippen molar-refractivity contribution in [3.8, 4) is 0 Å². The SMILES string of the molecule is O=C(/C=C/c1ccccc1)NCC(=O)c1cccc(Cl)c1. The summed E-state index contributed by atoms with van der Waals surface area (Å²) in [4.78, 5) is 23.5. The van der Waals surface area contributed by atoms with Crippen LogP contribution in [0.2, 0.25) is 5.02 Å². The van der Waals surface area contributed by atoms with Gasteiger partial charge in [-0.05, 0) is 23.8 Å². The number of carbonyl (C=O) groups is 2. The van der Waals surface area contributed by atoms with E-state index < -0.39 is 0 Å². The average Bonchev–Trinajstić information content (AvgIpc) is 2.51. The molecule has 2 aromatic carbocycles. The van der Waals surface area contributed by atoms with Crippen LogP contribution in [0.3, 0.4) is 0 Å². The third-order valence-corrected chi connectivity index (χ3v) is 3.03. The van der Waals surface area contributed by atoms with Gasteiger partial charge >= 0.3 is 0 Å². The van der Waals surface area contributed by atoms with Crippen LogP contribution in [-0.4, -0.2) is 18.2 Å². The summed E-state index contributed by atoms with van der Waals surface area (Å²) in [6, 6.07) is 16.1. The molecule has 2 aromatic rings. The van der Waals surface area contributed by atoms with E-state index in [0.29, 0.717) is 10.6 Å². The van der Waals surface area contributed by atoms with Crippen molar-refractivity contribution in [1.82, 2.24) is 5.32 Å². The van der Waals surface area contributed by atoms with Crippen molar-refractivity contribution in [3.63, 3.8) is 0 Å². The highest BCUT2D eigenvalue weighted by Crippen LogP contribution is 2.10. The summed E-state index contributed by atoms with van der Waals surface area (Å²) >= 11 is 5.82. The molecule has 0 unspecified atom stereocenters. The summed E-state index contributed by atoms with van der Waals surface area (Å²) in [5, 5.41) is 3.05. The monoisotopic (exact) mass is 299 g/mol. The molecule has 4 heteroatoms. The molecule has 0 spiro atoms. The maximum absolute atomic E-state index is 11.9. The molecule has 0 aromatic heterocycles. The molecule has 2 rings (SSSR count). The van der Waals surface area contributed by atoms with E-state index in [4.69, 9.17) is 11.6 Å². The van der Waals surface area contributed by atoms with Gasteiger partial charge in [-0.15, -0.1) is 0 Å². The standard InChI is InChI=1S/C17H14ClNO2/c18-15-8-4-7-14(11-15)16(20)12-19-17(21)10-9-13-5-2-1-3-6-13/h1-11H,12H2,(H,19,21)/b10-9+. The lowest BCUT2D eigenvalue weighted by atomic mass is 10.1. The van der Waals surface area contributed by atoms with E-state index in [-0.39, 0.29) is 18.2 Å². The zero-order valence-corrected chi connectivity index (χ0v) is 12.0. The van der Waals surface area contributed by atoms with Gasteiger partial charge in [-0.1, -0.05) is 54.1 Å². The van der Waals surface area contributed by atoms with Crippen LogP contribution < -0.4 is 5.32 Å². The van der Waals surface area contributed by atoms with E-state index in [0.717, 1.165) is 5.56 Å². The predicted octanol–water partition coefficient (Wildman–Crippen LogP) is 3.35. The minimum Gasteiger partial charge on any atom is -0.345 e. The zero-order chi connectivity index (χ0) is 15.1. The number of halogens is 1. The number of benzene rings is 2. The molecule has 1 amide bonds. The van der Waals surface area contributed by atoms with Crippen molar-refractivity contribution >= 4 is 29.4 Å². The number of ketones is 1. The molecule has 0 aliphatic heterocycles. The van der Waals surface area contributed by atoms with Gasteiger partial charge in [0, 0.05) is 16.7 Å². The Morgan fingerprint density at radius 2 is 1.81 bits per heavy atom. The van der Waals surface area contributed by atoms with Crippen molar-refractivity contribution in [1.29, 1.82) is 0 Å². The molecule has 0 saturated carbocycles. The molecule has 0 aliphatic rings. The van der Waals surface area contributed by atoms with Crippen molar-refractivity contribution in [2.24, 2.45) is 0 Å². The van der Waals surface area contributed by atoms with Gasteiger partial charge in [0.2, 0.25) is 5.91 Å². The molecular weight excluding hydrogens is 286 g/mol. The number of carbonyl (C=O) groups excluding carboxylic acids is 2. The molecule has 0 radical (unpaired) electrons. The van der Waals surface area contributed by atoms with Crippen molar-refractivity contribution in [3.05, 3.63) is 76.8 Å². The molecule has 0 bridgehead atoms. The van der Waals surface area contributed by atoms with E-state index in [2.05, 4.69) is 5.32 Å². The summed E-state index contributed by atoms with van der Waals surface area (Å²) in [6.45, 7) is -0.0572. The number of hydrogen-bond donors (Lipinski definition) is 1. The van der Waals surface area contributed by atoms with Gasteiger partial charge in [0.25, 0.3) is 0 Å². The molecular formula is C17H14ClNO2. The van der Waals surface area contributed by atoms with E-state index in [1.807, 2.05) is 30.3 Å². The molecule has 0 heterocycles. The van der Waals surface area contributed by atoms with Gasteiger partial charge in [0.1, 0.15) is 0 Å². The Morgan fingerprint density at radius 1 is 1.05 bits per heavy atom. The van der Waals surface area contributed by atoms with Crippen LogP contribution in [0.25, 0.3) is 6.08 Å². The Balaban J connectivity index is 1.87. The summed E-state index contributed by atoms with van der Waals surface area (Å²) in [7, 11) is 0. The largest absolute Gasteiger partial charge is 0.345 e. The summed E-state index contributed by atoms with van der Waals surface area (Å²) < 4.78 is 0. The Bertz CT molecular complexity index is 666. The fourth-order valence-corrected chi connectivity index (χ4v) is 1.92. The van der Waals surface area contributed by atoms with Crippen LogP contribution in [0.4, 0.5) is 0 Å². The van der Waals surface area contributed by atoms with Crippen molar-refractivity contribution in [2.45, 2.75) is 0 Å². The van der Waals surface area contributed by atoms with Gasteiger partial charge in [0.05, 0.1) is 6.54 Å². The number of hydrogen-bond acceptors (Lipinski definition) is 2. The Kier molecular flexibility index (Phi) is 5.29. The first kappa shape index (κ1) is 15.0. The van der Waals surface area contributed by atoms with Crippen molar-refractivity contribution in [2.75, 3.05) is 6.54 Å². The van der Waals surface area contributed by atoms with Crippen LogP contribution in [0, 0.1) is 0 Å². The normalized spacial score (nSPS) is 10.5. The number of rotatable bonds is 5. The maximum atomic E-state index is 11.9. The van der Waals surface area contributed by atoms with E-state index in [1.165, 1.54) is 6.08 Å². The highest BCUT2D eigenvalue weighted by Gasteiger charge is 2.07. The molecule has 0 fully saturated rings. The van der Waals surface area contributed by atoms with Gasteiger partial charge in [-0.2, -0.15) is 0 Å². The Labute approximate surface area is 128 Å². The Morgan fingerprint density at radius 3 is 2.52 bits per heavy atom. The summed E-state index contributed by atoms with van der Waals surface area (Å²) in [5.41, 5.74) is 1.41. The van der Waals surface area contributed by atoms with Gasteiger partial charge in [0.15, 0.2) is 5.78 Å². The number of amides is 1. The fraction of sp³-hybridized carbons (Fsp3) is 0.0588. The maximum Gasteiger partial charge on any atom is 0.244 e. The van der Waals surface area contributed by atoms with Gasteiger partial charge in [-0.25, -0.2) is 0 Å². The predicted molar refractivity (Wildman–Crippen MR) is 84.3 cm³/mol. The molecule has 1 N–H and O–H groups in total. The Hall–Kier alpha value is -2.39. The van der Waals surface area contributed by atoms with Gasteiger partial charge in [-0.3, -0.25) is 9.59 Å². The van der Waals surface area contributed by atoms with E-state index in [9.17, 15) is 9.59 Å². The first-order valence-corrected chi connectivity index (χ1v) is 6.83. The molecule has 21 heavy (non-hydrogen) atoms. The topological polar surface area (TPSA) is 46.2 Å². The lowest BCUT2D eigenvalue weighted by molar-refractivity contribution is -0.116.